The van der Waals surface area contributed by atoms with Gasteiger partial charge < -0.3 is 0 Å². The van der Waals surface area contributed by atoms with Gasteiger partial charge in [-0.2, -0.15) is 0 Å². The highest BCUT2D eigenvalue weighted by Gasteiger charge is 2.39. The predicted molar refractivity (Wildman–Crippen MR) is 88.5 cm³/mol. The summed E-state index contributed by atoms with van der Waals surface area (Å²) in [5.41, 5.74) is 1.18. The molecule has 1 heterocycles. The summed E-state index contributed by atoms with van der Waals surface area (Å²) in [6, 6.07) is 5.16. The monoisotopic (exact) mass is 423 g/mol. The van der Waals surface area contributed by atoms with Gasteiger partial charge in [-0.05, 0) is 44.3 Å². The van der Waals surface area contributed by atoms with Crippen molar-refractivity contribution in [1.82, 2.24) is 4.31 Å². The zero-order chi connectivity index (χ0) is 15.1. The van der Waals surface area contributed by atoms with E-state index in [9.17, 15) is 9.18 Å². The Kier molecular flexibility index (Phi) is 4.87. The van der Waals surface area contributed by atoms with Gasteiger partial charge in [0.1, 0.15) is 5.82 Å². The molecule has 0 aliphatic carbocycles. The molecule has 2 nitrogen and oxygen atoms in total. The van der Waals surface area contributed by atoms with Crippen molar-refractivity contribution in [3.8, 4) is 0 Å². The summed E-state index contributed by atoms with van der Waals surface area (Å²) in [6.45, 7) is 5.96. The molecule has 1 unspecified atom stereocenters. The van der Waals surface area contributed by atoms with E-state index in [0.717, 1.165) is 5.56 Å². The van der Waals surface area contributed by atoms with Crippen molar-refractivity contribution in [2.75, 3.05) is 0 Å². The molecule has 1 aromatic carbocycles. The summed E-state index contributed by atoms with van der Waals surface area (Å²) >= 11 is 8.13. The van der Waals surface area contributed by atoms with Crippen LogP contribution in [0.4, 0.5) is 4.39 Å². The van der Waals surface area contributed by atoms with Crippen molar-refractivity contribution in [1.29, 1.82) is 0 Å². The summed E-state index contributed by atoms with van der Waals surface area (Å²) in [5, 5.41) is -0.139. The summed E-state index contributed by atoms with van der Waals surface area (Å²) in [4.78, 5) is 12.1. The highest BCUT2D eigenvalue weighted by atomic mass is 79.9. The van der Waals surface area contributed by atoms with Crippen LogP contribution >= 0.6 is 43.8 Å². The summed E-state index contributed by atoms with van der Waals surface area (Å²) in [6.07, 6.45) is 0.351. The fourth-order valence-electron chi connectivity index (χ4n) is 2.10. The van der Waals surface area contributed by atoms with Crippen LogP contribution in [0.25, 0.3) is 0 Å². The van der Waals surface area contributed by atoms with Crippen LogP contribution in [0.2, 0.25) is 0 Å². The van der Waals surface area contributed by atoms with Crippen LogP contribution in [0.1, 0.15) is 47.3 Å². The predicted octanol–water partition coefficient (Wildman–Crippen LogP) is 5.33. The van der Waals surface area contributed by atoms with Crippen LogP contribution in [-0.2, 0) is 4.79 Å². The Morgan fingerprint density at radius 3 is 2.50 bits per heavy atom. The number of benzene rings is 1. The van der Waals surface area contributed by atoms with E-state index in [4.69, 9.17) is 0 Å². The van der Waals surface area contributed by atoms with Crippen LogP contribution in [-0.4, -0.2) is 15.8 Å². The van der Waals surface area contributed by atoms with Gasteiger partial charge in [-0.1, -0.05) is 44.0 Å². The Hall–Kier alpha value is -0.0700. The number of alkyl halides is 2. The molecule has 0 radical (unpaired) electrons. The van der Waals surface area contributed by atoms with E-state index in [0.29, 0.717) is 12.0 Å². The number of carbonyl (C=O) groups is 1. The van der Waals surface area contributed by atoms with Crippen LogP contribution < -0.4 is 0 Å². The van der Waals surface area contributed by atoms with Crippen molar-refractivity contribution < 1.29 is 9.18 Å². The van der Waals surface area contributed by atoms with Gasteiger partial charge in [-0.25, -0.2) is 4.39 Å². The van der Waals surface area contributed by atoms with Crippen molar-refractivity contribution >= 4 is 49.7 Å². The molecule has 0 saturated carbocycles. The average Bonchev–Trinajstić information content (AvgIpc) is 2.70. The van der Waals surface area contributed by atoms with Crippen molar-refractivity contribution in [2.45, 2.75) is 41.7 Å². The number of halogens is 3. The second-order valence-electron chi connectivity index (χ2n) is 5.74. The molecule has 1 aliphatic rings. The lowest BCUT2D eigenvalue weighted by Gasteiger charge is -2.30. The van der Waals surface area contributed by atoms with E-state index in [1.807, 2.05) is 26.8 Å². The summed E-state index contributed by atoms with van der Waals surface area (Å²) < 4.78 is 15.9. The van der Waals surface area contributed by atoms with Crippen LogP contribution in [0, 0.1) is 5.82 Å². The molecule has 1 atom stereocenters. The third-order valence-electron chi connectivity index (χ3n) is 3.05. The first-order valence-corrected chi connectivity index (χ1v) is 8.94. The molecule has 1 aromatic rings. The Morgan fingerprint density at radius 1 is 1.40 bits per heavy atom. The minimum atomic E-state index is -0.257. The van der Waals surface area contributed by atoms with Gasteiger partial charge in [0.05, 0.1) is 8.99 Å². The number of hydrogen-bond acceptors (Lipinski definition) is 2. The Bertz CT molecular complexity index is 530. The van der Waals surface area contributed by atoms with Crippen molar-refractivity contribution in [2.24, 2.45) is 0 Å². The van der Waals surface area contributed by atoms with Crippen molar-refractivity contribution in [3.63, 3.8) is 0 Å². The molecule has 110 valence electrons. The largest absolute Gasteiger partial charge is 0.280 e. The molecule has 1 amide bonds. The van der Waals surface area contributed by atoms with E-state index < -0.39 is 0 Å². The lowest BCUT2D eigenvalue weighted by molar-refractivity contribution is -0.127. The molecule has 0 spiro atoms. The number of nitrogens with zero attached hydrogens (tertiary/aromatic N) is 1. The zero-order valence-corrected chi connectivity index (χ0v) is 15.5. The minimum Gasteiger partial charge on any atom is -0.280 e. The topological polar surface area (TPSA) is 20.3 Å². The number of hydrogen-bond donors (Lipinski definition) is 0. The van der Waals surface area contributed by atoms with Gasteiger partial charge in [-0.3, -0.25) is 9.10 Å². The first-order chi connectivity index (χ1) is 9.20. The SMILES string of the molecule is CC(C)(C)N1SC(c2ccc(C(Br)Br)cc2F)CC1=O. The first kappa shape index (κ1) is 16.3. The Labute approximate surface area is 139 Å². The van der Waals surface area contributed by atoms with E-state index in [2.05, 4.69) is 31.9 Å². The first-order valence-electron chi connectivity index (χ1n) is 6.27. The molecular weight excluding hydrogens is 409 g/mol. The number of carbonyl (C=O) groups excluding carboxylic acids is 1. The molecule has 1 aliphatic heterocycles. The third-order valence-corrected chi connectivity index (χ3v) is 5.75. The molecule has 1 fully saturated rings. The van der Waals surface area contributed by atoms with E-state index in [-0.39, 0.29) is 26.2 Å². The standard InChI is InChI=1S/C14H16Br2FNOS/c1-14(2,3)18-12(19)7-11(20-18)9-5-4-8(13(15)16)6-10(9)17/h4-6,11,13H,7H2,1-3H3. The fourth-order valence-corrected chi connectivity index (χ4v) is 3.96. The lowest BCUT2D eigenvalue weighted by Crippen LogP contribution is -2.37. The van der Waals surface area contributed by atoms with Gasteiger partial charge in [0.25, 0.3) is 0 Å². The van der Waals surface area contributed by atoms with Gasteiger partial charge in [-0.15, -0.1) is 0 Å². The maximum Gasteiger partial charge on any atom is 0.234 e. The van der Waals surface area contributed by atoms with Gasteiger partial charge in [0, 0.05) is 17.5 Å². The Balaban J connectivity index is 2.24. The molecule has 6 heteroatoms. The highest BCUT2D eigenvalue weighted by Crippen LogP contribution is 2.46. The molecule has 0 bridgehead atoms. The molecule has 20 heavy (non-hydrogen) atoms. The quantitative estimate of drug-likeness (QED) is 0.472. The zero-order valence-electron chi connectivity index (χ0n) is 11.5. The van der Waals surface area contributed by atoms with Crippen LogP contribution in [0.3, 0.4) is 0 Å². The number of amides is 1. The van der Waals surface area contributed by atoms with E-state index in [1.165, 1.54) is 18.0 Å². The number of rotatable bonds is 2. The molecular formula is C14H16Br2FNOS. The molecule has 1 saturated heterocycles. The highest BCUT2D eigenvalue weighted by molar-refractivity contribution is 9.24. The average molecular weight is 425 g/mol. The maximum atomic E-state index is 14.2. The summed E-state index contributed by atoms with van der Waals surface area (Å²) in [5.74, 6) is -0.192. The van der Waals surface area contributed by atoms with Gasteiger partial charge >= 0.3 is 0 Å². The third kappa shape index (κ3) is 3.39. The molecule has 0 N–H and O–H groups in total. The smallest absolute Gasteiger partial charge is 0.234 e. The minimum absolute atomic E-state index is 0.0647. The fraction of sp³-hybridized carbons (Fsp3) is 0.500. The maximum absolute atomic E-state index is 14.2. The van der Waals surface area contributed by atoms with Crippen LogP contribution in [0.15, 0.2) is 18.2 Å². The Morgan fingerprint density at radius 2 is 2.05 bits per heavy atom. The van der Waals surface area contributed by atoms with Crippen LogP contribution in [0.5, 0.6) is 0 Å². The molecule has 0 aromatic heterocycles. The van der Waals surface area contributed by atoms with Gasteiger partial charge in [0.2, 0.25) is 5.91 Å². The lowest BCUT2D eigenvalue weighted by atomic mass is 10.0. The normalized spacial score (nSPS) is 20.1. The second-order valence-corrected chi connectivity index (χ2v) is 9.94. The second kappa shape index (κ2) is 5.97. The van der Waals surface area contributed by atoms with Gasteiger partial charge in [0.15, 0.2) is 0 Å². The summed E-state index contributed by atoms with van der Waals surface area (Å²) in [7, 11) is 0. The van der Waals surface area contributed by atoms with E-state index in [1.54, 1.807) is 10.4 Å². The van der Waals surface area contributed by atoms with Crippen molar-refractivity contribution in [3.05, 3.63) is 35.1 Å². The van der Waals surface area contributed by atoms with E-state index >= 15 is 0 Å². The molecule has 2 rings (SSSR count).